The third-order valence-electron chi connectivity index (χ3n) is 2.23. The molecule has 94 valence electrons. The van der Waals surface area contributed by atoms with Gasteiger partial charge in [-0.2, -0.15) is 0 Å². The van der Waals surface area contributed by atoms with Crippen LogP contribution in [0.1, 0.15) is 23.9 Å². The Labute approximate surface area is 105 Å². The second-order valence-electron chi connectivity index (χ2n) is 3.70. The van der Waals surface area contributed by atoms with Gasteiger partial charge < -0.3 is 13.9 Å². The molecule has 0 saturated heterocycles. The molecule has 0 amide bonds. The monoisotopic (exact) mass is 246 g/mol. The molecule has 0 fully saturated rings. The fourth-order valence-corrected chi connectivity index (χ4v) is 1.39. The lowest BCUT2D eigenvalue weighted by atomic mass is 10.3. The fraction of sp³-hybridized carbons (Fsp3) is 0.214. The quantitative estimate of drug-likeness (QED) is 0.729. The summed E-state index contributed by atoms with van der Waals surface area (Å²) in [7, 11) is 0. The van der Waals surface area contributed by atoms with Crippen molar-refractivity contribution in [1.82, 2.24) is 0 Å². The predicted octanol–water partition coefficient (Wildman–Crippen LogP) is 3.67. The molecule has 0 radical (unpaired) electrons. The number of hydrogen-bond donors (Lipinski definition) is 0. The molecular weight excluding hydrogens is 232 g/mol. The highest BCUT2D eigenvalue weighted by atomic mass is 16.6. The van der Waals surface area contributed by atoms with Crippen molar-refractivity contribution in [2.24, 2.45) is 0 Å². The molecule has 1 aromatic heterocycles. The van der Waals surface area contributed by atoms with Crippen molar-refractivity contribution in [3.05, 3.63) is 42.2 Å². The lowest BCUT2D eigenvalue weighted by Gasteiger charge is -2.05. The van der Waals surface area contributed by atoms with E-state index in [1.54, 1.807) is 24.3 Å². The van der Waals surface area contributed by atoms with Gasteiger partial charge in [0.15, 0.2) is 12.0 Å². The van der Waals surface area contributed by atoms with Gasteiger partial charge >= 0.3 is 0 Å². The maximum absolute atomic E-state index is 10.5. The van der Waals surface area contributed by atoms with Gasteiger partial charge in [0.2, 0.25) is 0 Å². The van der Waals surface area contributed by atoms with Crippen LogP contribution in [-0.4, -0.2) is 12.9 Å². The van der Waals surface area contributed by atoms with Crippen molar-refractivity contribution in [3.63, 3.8) is 0 Å². The molecule has 1 aromatic carbocycles. The molecular formula is C14H14O4. The molecule has 0 saturated carbocycles. The van der Waals surface area contributed by atoms with Crippen LogP contribution < -0.4 is 9.47 Å². The van der Waals surface area contributed by atoms with Crippen molar-refractivity contribution >= 4 is 6.29 Å². The highest BCUT2D eigenvalue weighted by molar-refractivity contribution is 5.70. The Morgan fingerprint density at radius 3 is 2.44 bits per heavy atom. The summed E-state index contributed by atoms with van der Waals surface area (Å²) in [6.45, 7) is 2.75. The fourth-order valence-electron chi connectivity index (χ4n) is 1.39. The van der Waals surface area contributed by atoms with Gasteiger partial charge in [-0.1, -0.05) is 6.92 Å². The first kappa shape index (κ1) is 12.2. The molecule has 4 nitrogen and oxygen atoms in total. The average Bonchev–Trinajstić information content (AvgIpc) is 2.86. The van der Waals surface area contributed by atoms with E-state index in [2.05, 4.69) is 6.92 Å². The van der Waals surface area contributed by atoms with Crippen LogP contribution in [0.3, 0.4) is 0 Å². The third kappa shape index (κ3) is 3.13. The molecule has 2 rings (SSSR count). The summed E-state index contributed by atoms with van der Waals surface area (Å²) in [5.41, 5.74) is 0. The second-order valence-corrected chi connectivity index (χ2v) is 3.70. The zero-order chi connectivity index (χ0) is 12.8. The number of carbonyl (C=O) groups is 1. The highest BCUT2D eigenvalue weighted by Gasteiger charge is 2.03. The lowest BCUT2D eigenvalue weighted by molar-refractivity contribution is 0.109. The summed E-state index contributed by atoms with van der Waals surface area (Å²) in [6.07, 6.45) is 1.60. The van der Waals surface area contributed by atoms with Crippen LogP contribution in [-0.2, 0) is 0 Å². The zero-order valence-corrected chi connectivity index (χ0v) is 10.1. The normalized spacial score (nSPS) is 10.1. The lowest BCUT2D eigenvalue weighted by Crippen LogP contribution is -1.94. The summed E-state index contributed by atoms with van der Waals surface area (Å²) in [4.78, 5) is 10.5. The number of ether oxygens (including phenoxy) is 2. The maximum Gasteiger partial charge on any atom is 0.290 e. The molecule has 18 heavy (non-hydrogen) atoms. The van der Waals surface area contributed by atoms with E-state index in [9.17, 15) is 4.79 Å². The van der Waals surface area contributed by atoms with Crippen molar-refractivity contribution in [2.75, 3.05) is 6.61 Å². The smallest absolute Gasteiger partial charge is 0.290 e. The predicted molar refractivity (Wildman–Crippen MR) is 66.4 cm³/mol. The summed E-state index contributed by atoms with van der Waals surface area (Å²) >= 11 is 0. The minimum atomic E-state index is 0.243. The van der Waals surface area contributed by atoms with E-state index >= 15 is 0 Å². The molecule has 1 heterocycles. The van der Waals surface area contributed by atoms with E-state index < -0.39 is 0 Å². The van der Waals surface area contributed by atoms with Crippen LogP contribution in [0.15, 0.2) is 40.8 Å². The van der Waals surface area contributed by atoms with Gasteiger partial charge in [0.1, 0.15) is 11.5 Å². The maximum atomic E-state index is 10.5. The van der Waals surface area contributed by atoms with Gasteiger partial charge in [-0.05, 0) is 36.8 Å². The molecule has 0 aliphatic rings. The van der Waals surface area contributed by atoms with Gasteiger partial charge in [0.05, 0.1) is 6.61 Å². The van der Waals surface area contributed by atoms with E-state index in [0.29, 0.717) is 24.6 Å². The first-order chi connectivity index (χ1) is 8.81. The third-order valence-corrected chi connectivity index (χ3v) is 2.23. The Morgan fingerprint density at radius 2 is 1.83 bits per heavy atom. The zero-order valence-electron chi connectivity index (χ0n) is 10.1. The number of rotatable bonds is 6. The Morgan fingerprint density at radius 1 is 1.11 bits per heavy atom. The van der Waals surface area contributed by atoms with E-state index in [-0.39, 0.29) is 5.76 Å². The van der Waals surface area contributed by atoms with Crippen LogP contribution in [0.4, 0.5) is 0 Å². The molecule has 4 heteroatoms. The largest absolute Gasteiger partial charge is 0.494 e. The van der Waals surface area contributed by atoms with Crippen molar-refractivity contribution in [2.45, 2.75) is 13.3 Å². The number of hydrogen-bond acceptors (Lipinski definition) is 4. The molecule has 0 N–H and O–H groups in total. The summed E-state index contributed by atoms with van der Waals surface area (Å²) < 4.78 is 16.0. The number of furan rings is 1. The van der Waals surface area contributed by atoms with E-state index in [4.69, 9.17) is 13.9 Å². The minimum absolute atomic E-state index is 0.243. The summed E-state index contributed by atoms with van der Waals surface area (Å²) in [5.74, 6) is 1.97. The molecule has 0 unspecified atom stereocenters. The molecule has 0 aliphatic heterocycles. The number of benzene rings is 1. The van der Waals surface area contributed by atoms with Crippen LogP contribution >= 0.6 is 0 Å². The van der Waals surface area contributed by atoms with Gasteiger partial charge in [0, 0.05) is 6.07 Å². The highest BCUT2D eigenvalue weighted by Crippen LogP contribution is 2.25. The topological polar surface area (TPSA) is 48.7 Å². The number of carbonyl (C=O) groups excluding carboxylic acids is 1. The molecule has 0 atom stereocenters. The number of aldehydes is 1. The average molecular weight is 246 g/mol. The van der Waals surface area contributed by atoms with Gasteiger partial charge in [-0.3, -0.25) is 4.79 Å². The standard InChI is InChI=1S/C14H14O4/c1-2-9-16-11-3-5-12(6-4-11)17-14-8-7-13(10-15)18-14/h3-8,10H,2,9H2,1H3. The molecule has 0 spiro atoms. The molecule has 0 aliphatic carbocycles. The van der Waals surface area contributed by atoms with E-state index in [0.717, 1.165) is 12.2 Å². The molecule has 0 bridgehead atoms. The van der Waals surface area contributed by atoms with Gasteiger partial charge in [-0.25, -0.2) is 0 Å². The minimum Gasteiger partial charge on any atom is -0.494 e. The SMILES string of the molecule is CCCOc1ccc(Oc2ccc(C=O)o2)cc1. The molecule has 2 aromatic rings. The van der Waals surface area contributed by atoms with E-state index in [1.165, 1.54) is 0 Å². The van der Waals surface area contributed by atoms with Gasteiger partial charge in [0.25, 0.3) is 5.95 Å². The van der Waals surface area contributed by atoms with E-state index in [1.807, 2.05) is 12.1 Å². The Kier molecular flexibility index (Phi) is 4.02. The van der Waals surface area contributed by atoms with Crippen LogP contribution in [0.2, 0.25) is 0 Å². The first-order valence-corrected chi connectivity index (χ1v) is 5.77. The Bertz CT molecular complexity index is 499. The van der Waals surface area contributed by atoms with Crippen molar-refractivity contribution < 1.29 is 18.7 Å². The summed E-state index contributed by atoms with van der Waals surface area (Å²) in [6, 6.07) is 10.4. The Balaban J connectivity index is 1.99. The van der Waals surface area contributed by atoms with Crippen LogP contribution in [0.5, 0.6) is 17.4 Å². The van der Waals surface area contributed by atoms with Crippen LogP contribution in [0, 0.1) is 0 Å². The first-order valence-electron chi connectivity index (χ1n) is 5.77. The summed E-state index contributed by atoms with van der Waals surface area (Å²) in [5, 5.41) is 0. The van der Waals surface area contributed by atoms with Crippen molar-refractivity contribution in [3.8, 4) is 17.4 Å². The Hall–Kier alpha value is -2.23. The van der Waals surface area contributed by atoms with Gasteiger partial charge in [-0.15, -0.1) is 0 Å². The van der Waals surface area contributed by atoms with Crippen LogP contribution in [0.25, 0.3) is 0 Å². The van der Waals surface area contributed by atoms with Crippen molar-refractivity contribution in [1.29, 1.82) is 0 Å². The second kappa shape index (κ2) is 5.91.